The first-order valence-electron chi connectivity index (χ1n) is 6.48. The van der Waals surface area contributed by atoms with Crippen LogP contribution < -0.4 is 10.1 Å². The van der Waals surface area contributed by atoms with E-state index < -0.39 is 0 Å². The van der Waals surface area contributed by atoms with Gasteiger partial charge in [0.1, 0.15) is 5.75 Å². The molecule has 104 valence electrons. The molecule has 0 bridgehead atoms. The molecule has 0 aliphatic rings. The molecule has 1 amide bonds. The first-order valence-corrected chi connectivity index (χ1v) is 6.48. The maximum absolute atomic E-state index is 11.6. The zero-order valence-corrected chi connectivity index (χ0v) is 11.3. The van der Waals surface area contributed by atoms with Crippen molar-refractivity contribution >= 4 is 12.0 Å². The van der Waals surface area contributed by atoms with Crippen LogP contribution in [0.5, 0.6) is 5.75 Å². The lowest BCUT2D eigenvalue weighted by Crippen LogP contribution is -2.19. The van der Waals surface area contributed by atoms with Crippen LogP contribution in [0.15, 0.2) is 53.4 Å². The summed E-state index contributed by atoms with van der Waals surface area (Å²) in [5, 5.41) is 2.78. The standard InChI is InChI=1S/C16H17NO3/c1-2-20-15-6-3-13(4-7-15)5-8-16(18)17-11-14-9-10-19-12-14/h3-10,12H,2,11H2,1H3,(H,17,18)/b8-5-. The minimum atomic E-state index is -0.139. The monoisotopic (exact) mass is 271 g/mol. The molecule has 0 radical (unpaired) electrons. The number of nitrogens with one attached hydrogen (secondary N) is 1. The number of amides is 1. The molecule has 0 fully saturated rings. The van der Waals surface area contributed by atoms with Crippen LogP contribution in [0.25, 0.3) is 6.08 Å². The molecule has 0 atom stereocenters. The molecular weight excluding hydrogens is 254 g/mol. The largest absolute Gasteiger partial charge is 0.494 e. The van der Waals surface area contributed by atoms with Crippen LogP contribution in [0, 0.1) is 0 Å². The van der Waals surface area contributed by atoms with Gasteiger partial charge in [-0.3, -0.25) is 4.79 Å². The van der Waals surface area contributed by atoms with Gasteiger partial charge in [-0.2, -0.15) is 0 Å². The molecule has 20 heavy (non-hydrogen) atoms. The molecule has 0 aliphatic carbocycles. The highest BCUT2D eigenvalue weighted by molar-refractivity contribution is 5.91. The molecule has 0 saturated carbocycles. The van der Waals surface area contributed by atoms with E-state index in [-0.39, 0.29) is 5.91 Å². The summed E-state index contributed by atoms with van der Waals surface area (Å²) in [6, 6.07) is 9.39. The Morgan fingerprint density at radius 2 is 2.10 bits per heavy atom. The molecular formula is C16H17NO3. The first kappa shape index (κ1) is 13.9. The lowest BCUT2D eigenvalue weighted by Gasteiger charge is -2.02. The number of furan rings is 1. The lowest BCUT2D eigenvalue weighted by molar-refractivity contribution is -0.116. The number of ether oxygens (including phenoxy) is 1. The Labute approximate surface area is 118 Å². The highest BCUT2D eigenvalue weighted by Gasteiger charge is 1.98. The Morgan fingerprint density at radius 1 is 1.30 bits per heavy atom. The normalized spacial score (nSPS) is 10.7. The van der Waals surface area contributed by atoms with Crippen molar-refractivity contribution in [2.24, 2.45) is 0 Å². The predicted octanol–water partition coefficient (Wildman–Crippen LogP) is 3.01. The summed E-state index contributed by atoms with van der Waals surface area (Å²) in [7, 11) is 0. The van der Waals surface area contributed by atoms with Gasteiger partial charge in [0.2, 0.25) is 5.91 Å². The Kier molecular flexibility index (Phi) is 5.00. The zero-order chi connectivity index (χ0) is 14.2. The predicted molar refractivity (Wildman–Crippen MR) is 77.2 cm³/mol. The maximum atomic E-state index is 11.6. The molecule has 1 N–H and O–H groups in total. The van der Waals surface area contributed by atoms with E-state index in [1.54, 1.807) is 18.6 Å². The van der Waals surface area contributed by atoms with Crippen molar-refractivity contribution in [1.82, 2.24) is 5.32 Å². The quantitative estimate of drug-likeness (QED) is 0.822. The summed E-state index contributed by atoms with van der Waals surface area (Å²) in [5.74, 6) is 0.689. The summed E-state index contributed by atoms with van der Waals surface area (Å²) >= 11 is 0. The van der Waals surface area contributed by atoms with E-state index in [1.807, 2.05) is 37.3 Å². The van der Waals surface area contributed by atoms with Crippen molar-refractivity contribution < 1.29 is 13.9 Å². The fraction of sp³-hybridized carbons (Fsp3) is 0.188. The first-order chi connectivity index (χ1) is 9.78. The van der Waals surface area contributed by atoms with Crippen molar-refractivity contribution in [1.29, 1.82) is 0 Å². The molecule has 2 rings (SSSR count). The van der Waals surface area contributed by atoms with Crippen LogP contribution >= 0.6 is 0 Å². The third-order valence-corrected chi connectivity index (χ3v) is 2.67. The van der Waals surface area contributed by atoms with Gasteiger partial charge in [-0.05, 0) is 36.8 Å². The molecule has 2 aromatic rings. The van der Waals surface area contributed by atoms with E-state index in [9.17, 15) is 4.79 Å². The van der Waals surface area contributed by atoms with Gasteiger partial charge < -0.3 is 14.5 Å². The molecule has 0 saturated heterocycles. The van der Waals surface area contributed by atoms with E-state index in [0.717, 1.165) is 16.9 Å². The number of hydrogen-bond acceptors (Lipinski definition) is 3. The fourth-order valence-corrected chi connectivity index (χ4v) is 1.66. The second-order valence-electron chi connectivity index (χ2n) is 4.18. The molecule has 0 spiro atoms. The summed E-state index contributed by atoms with van der Waals surface area (Å²) in [6.45, 7) is 3.05. The van der Waals surface area contributed by atoms with Crippen molar-refractivity contribution in [2.45, 2.75) is 13.5 Å². The smallest absolute Gasteiger partial charge is 0.244 e. The second-order valence-corrected chi connectivity index (χ2v) is 4.18. The van der Waals surface area contributed by atoms with Crippen LogP contribution in [0.4, 0.5) is 0 Å². The van der Waals surface area contributed by atoms with Crippen LogP contribution in [0.2, 0.25) is 0 Å². The topological polar surface area (TPSA) is 51.5 Å². The molecule has 4 nitrogen and oxygen atoms in total. The molecule has 4 heteroatoms. The second kappa shape index (κ2) is 7.19. The van der Waals surface area contributed by atoms with Crippen molar-refractivity contribution in [3.8, 4) is 5.75 Å². The summed E-state index contributed by atoms with van der Waals surface area (Å²) in [5.41, 5.74) is 1.89. The van der Waals surface area contributed by atoms with Crippen LogP contribution in [-0.4, -0.2) is 12.5 Å². The van der Waals surface area contributed by atoms with Gasteiger partial charge in [-0.25, -0.2) is 0 Å². The van der Waals surface area contributed by atoms with Crippen molar-refractivity contribution in [3.63, 3.8) is 0 Å². The van der Waals surface area contributed by atoms with E-state index in [2.05, 4.69) is 5.32 Å². The molecule has 0 aliphatic heterocycles. The Morgan fingerprint density at radius 3 is 2.75 bits per heavy atom. The van der Waals surface area contributed by atoms with Crippen molar-refractivity contribution in [2.75, 3.05) is 6.61 Å². The SMILES string of the molecule is CCOc1ccc(/C=C\C(=O)NCc2ccoc2)cc1. The maximum Gasteiger partial charge on any atom is 0.244 e. The van der Waals surface area contributed by atoms with Gasteiger partial charge in [-0.15, -0.1) is 0 Å². The van der Waals surface area contributed by atoms with E-state index in [4.69, 9.17) is 9.15 Å². The van der Waals surface area contributed by atoms with Gasteiger partial charge >= 0.3 is 0 Å². The molecule has 1 heterocycles. The third kappa shape index (κ3) is 4.31. The summed E-state index contributed by atoms with van der Waals surface area (Å²) < 4.78 is 10.3. The van der Waals surface area contributed by atoms with Gasteiger partial charge in [-0.1, -0.05) is 12.1 Å². The average Bonchev–Trinajstić information content (AvgIpc) is 2.98. The van der Waals surface area contributed by atoms with E-state index in [1.165, 1.54) is 6.08 Å². The Hall–Kier alpha value is -2.49. The number of benzene rings is 1. The van der Waals surface area contributed by atoms with Crippen LogP contribution in [0.3, 0.4) is 0 Å². The molecule has 1 aromatic carbocycles. The van der Waals surface area contributed by atoms with Gasteiger partial charge in [0.15, 0.2) is 0 Å². The minimum absolute atomic E-state index is 0.139. The third-order valence-electron chi connectivity index (χ3n) is 2.67. The van der Waals surface area contributed by atoms with E-state index >= 15 is 0 Å². The molecule has 1 aromatic heterocycles. The zero-order valence-electron chi connectivity index (χ0n) is 11.3. The Bertz CT molecular complexity index is 556. The summed E-state index contributed by atoms with van der Waals surface area (Å²) in [6.07, 6.45) is 6.46. The summed E-state index contributed by atoms with van der Waals surface area (Å²) in [4.78, 5) is 11.6. The fourth-order valence-electron chi connectivity index (χ4n) is 1.66. The highest BCUT2D eigenvalue weighted by Crippen LogP contribution is 2.12. The van der Waals surface area contributed by atoms with Crippen LogP contribution in [-0.2, 0) is 11.3 Å². The van der Waals surface area contributed by atoms with Crippen molar-refractivity contribution in [3.05, 3.63) is 60.1 Å². The molecule has 0 unspecified atom stereocenters. The van der Waals surface area contributed by atoms with E-state index in [0.29, 0.717) is 13.2 Å². The highest BCUT2D eigenvalue weighted by atomic mass is 16.5. The lowest BCUT2D eigenvalue weighted by atomic mass is 10.2. The number of carbonyl (C=O) groups is 1. The van der Waals surface area contributed by atoms with Gasteiger partial charge in [0.05, 0.1) is 19.1 Å². The van der Waals surface area contributed by atoms with Gasteiger partial charge in [0, 0.05) is 18.2 Å². The number of carbonyl (C=O) groups excluding carboxylic acids is 1. The van der Waals surface area contributed by atoms with Crippen LogP contribution in [0.1, 0.15) is 18.1 Å². The average molecular weight is 271 g/mol. The van der Waals surface area contributed by atoms with Gasteiger partial charge in [0.25, 0.3) is 0 Å². The number of rotatable bonds is 6. The Balaban J connectivity index is 1.83. The number of hydrogen-bond donors (Lipinski definition) is 1. The minimum Gasteiger partial charge on any atom is -0.494 e.